The highest BCUT2D eigenvalue weighted by atomic mass is 32.2. The largest absolute Gasteiger partial charge is 0.479 e. The Kier molecular flexibility index (Phi) is 6.85. The van der Waals surface area contributed by atoms with Crippen LogP contribution in [-0.2, 0) is 33.9 Å². The molecule has 2 unspecified atom stereocenters. The van der Waals surface area contributed by atoms with Crippen LogP contribution in [0.1, 0.15) is 5.69 Å². The Balaban J connectivity index is 1.80. The van der Waals surface area contributed by atoms with E-state index in [4.69, 9.17) is 5.11 Å². The first-order chi connectivity index (χ1) is 15.0. The molecule has 0 bridgehead atoms. The molecule has 1 fully saturated rings. The zero-order chi connectivity index (χ0) is 23.6. The van der Waals surface area contributed by atoms with Gasteiger partial charge in [-0.05, 0) is 5.57 Å². The lowest BCUT2D eigenvalue weighted by Gasteiger charge is -2.49. The number of β-lactam (4-membered cyclic amide) rings is 1. The lowest BCUT2D eigenvalue weighted by molar-refractivity contribution is -0.150. The second kappa shape index (κ2) is 9.25. The van der Waals surface area contributed by atoms with E-state index in [1.165, 1.54) is 10.9 Å². The normalized spacial score (nSPS) is 21.0. The average molecular weight is 505 g/mol. The number of nitrogens with one attached hydrogen (secondary N) is 1. The Morgan fingerprint density at radius 1 is 1.38 bits per heavy atom. The first kappa shape index (κ1) is 23.7. The van der Waals surface area contributed by atoms with Gasteiger partial charge in [-0.2, -0.15) is 0 Å². The van der Waals surface area contributed by atoms with Crippen LogP contribution in [0.4, 0.5) is 0 Å². The van der Waals surface area contributed by atoms with Crippen molar-refractivity contribution in [3.05, 3.63) is 27.9 Å². The number of carboxylic acid groups (broad SMARTS) is 2. The summed E-state index contributed by atoms with van der Waals surface area (Å²) in [5, 5.41) is 24.8. The molecule has 0 aromatic carbocycles. The predicted molar refractivity (Wildman–Crippen MR) is 112 cm³/mol. The molecule has 2 aliphatic rings. The van der Waals surface area contributed by atoms with E-state index in [1.807, 2.05) is 0 Å². The topological polar surface area (TPSA) is 193 Å². The number of carbonyl (C=O) groups excluding carboxylic acids is 2. The van der Waals surface area contributed by atoms with Crippen molar-refractivity contribution in [2.45, 2.75) is 11.4 Å². The van der Waals surface area contributed by atoms with Crippen LogP contribution < -0.4 is 5.32 Å². The standard InChI is InChI=1S/C16H16N4O9S3/c1-32(27,28)5-7-3-31-15-11(14(24)20(15)12(7)16(25)26)18-13(23)10(8-4-30-6-17-8)19-29-2-9(21)22/h4,6,11,15H,2-3,5H2,1H3,(H,18,23)(H,21,22)(H,25,26)/b19-10+. The molecule has 172 valence electrons. The zero-order valence-electron chi connectivity index (χ0n) is 16.2. The van der Waals surface area contributed by atoms with E-state index in [1.54, 1.807) is 0 Å². The molecule has 1 saturated heterocycles. The number of thioether (sulfide) groups is 1. The molecule has 0 saturated carbocycles. The molecule has 0 aliphatic carbocycles. The highest BCUT2D eigenvalue weighted by Gasteiger charge is 2.54. The van der Waals surface area contributed by atoms with Gasteiger partial charge in [-0.15, -0.1) is 23.1 Å². The maximum atomic E-state index is 12.7. The molecule has 3 N–H and O–H groups in total. The Bertz CT molecular complexity index is 1130. The fourth-order valence-corrected chi connectivity index (χ4v) is 5.89. The van der Waals surface area contributed by atoms with E-state index in [2.05, 4.69) is 20.3 Å². The van der Waals surface area contributed by atoms with Gasteiger partial charge in [-0.3, -0.25) is 14.5 Å². The number of carbonyl (C=O) groups is 4. The maximum Gasteiger partial charge on any atom is 0.352 e. The quantitative estimate of drug-likeness (QED) is 0.206. The highest BCUT2D eigenvalue weighted by Crippen LogP contribution is 2.40. The number of hydrogen-bond donors (Lipinski definition) is 3. The summed E-state index contributed by atoms with van der Waals surface area (Å²) < 4.78 is 23.2. The van der Waals surface area contributed by atoms with E-state index < -0.39 is 63.1 Å². The monoisotopic (exact) mass is 504 g/mol. The number of rotatable bonds is 9. The minimum atomic E-state index is -3.53. The molecule has 32 heavy (non-hydrogen) atoms. The summed E-state index contributed by atoms with van der Waals surface area (Å²) in [4.78, 5) is 57.2. The van der Waals surface area contributed by atoms with E-state index in [9.17, 15) is 32.7 Å². The van der Waals surface area contributed by atoms with Gasteiger partial charge >= 0.3 is 11.9 Å². The number of thiazole rings is 1. The number of aromatic nitrogens is 1. The van der Waals surface area contributed by atoms with Gasteiger partial charge in [0.2, 0.25) is 6.61 Å². The molecule has 2 amide bonds. The van der Waals surface area contributed by atoms with Crippen molar-refractivity contribution in [2.24, 2.45) is 5.16 Å². The molecule has 13 nitrogen and oxygen atoms in total. The van der Waals surface area contributed by atoms with Crippen molar-refractivity contribution in [1.29, 1.82) is 0 Å². The van der Waals surface area contributed by atoms with Gasteiger partial charge < -0.3 is 20.4 Å². The van der Waals surface area contributed by atoms with Gasteiger partial charge in [0.05, 0.1) is 11.3 Å². The van der Waals surface area contributed by atoms with Gasteiger partial charge in [0.25, 0.3) is 11.8 Å². The van der Waals surface area contributed by atoms with Gasteiger partial charge in [-0.25, -0.2) is 23.0 Å². The van der Waals surface area contributed by atoms with Gasteiger partial charge in [0, 0.05) is 17.4 Å². The molecule has 2 aliphatic heterocycles. The molecule has 1 aromatic rings. The SMILES string of the molecule is CS(=O)(=O)CC1=C(C(=O)O)N2C(=O)C(NC(=O)/C(=N/OCC(=O)O)c3cscn3)C2SC1. The van der Waals surface area contributed by atoms with E-state index in [0.29, 0.717) is 0 Å². The number of amides is 2. The van der Waals surface area contributed by atoms with Crippen LogP contribution in [0.25, 0.3) is 0 Å². The number of nitrogens with zero attached hydrogens (tertiary/aromatic N) is 3. The molecule has 16 heteroatoms. The van der Waals surface area contributed by atoms with E-state index in [-0.39, 0.29) is 22.7 Å². The van der Waals surface area contributed by atoms with Crippen molar-refractivity contribution in [3.8, 4) is 0 Å². The average Bonchev–Trinajstić information content (AvgIpc) is 3.21. The van der Waals surface area contributed by atoms with Crippen LogP contribution >= 0.6 is 23.1 Å². The molecule has 3 heterocycles. The van der Waals surface area contributed by atoms with Crippen molar-refractivity contribution < 1.29 is 42.6 Å². The second-order valence-corrected chi connectivity index (χ2v) is 10.6. The molecule has 0 spiro atoms. The molecular formula is C16H16N4O9S3. The predicted octanol–water partition coefficient (Wildman–Crippen LogP) is -1.27. The number of carboxylic acids is 2. The van der Waals surface area contributed by atoms with Crippen molar-refractivity contribution in [1.82, 2.24) is 15.2 Å². The Hall–Kier alpha value is -2.98. The number of aliphatic carboxylic acids is 2. The van der Waals surface area contributed by atoms with Crippen molar-refractivity contribution >= 4 is 62.4 Å². The third-order valence-electron chi connectivity index (χ3n) is 4.21. The number of fused-ring (bicyclic) bond motifs is 1. The summed E-state index contributed by atoms with van der Waals surface area (Å²) in [5.74, 6) is -4.82. The van der Waals surface area contributed by atoms with Gasteiger partial charge in [0.1, 0.15) is 22.8 Å². The Morgan fingerprint density at radius 2 is 2.09 bits per heavy atom. The first-order valence-electron chi connectivity index (χ1n) is 8.68. The maximum absolute atomic E-state index is 12.7. The van der Waals surface area contributed by atoms with Crippen molar-refractivity contribution in [2.75, 3.05) is 24.4 Å². The fourth-order valence-electron chi connectivity index (χ4n) is 3.01. The smallest absolute Gasteiger partial charge is 0.352 e. The van der Waals surface area contributed by atoms with Gasteiger partial charge in [-0.1, -0.05) is 5.16 Å². The summed E-state index contributed by atoms with van der Waals surface area (Å²) in [6.07, 6.45) is 0.961. The van der Waals surface area contributed by atoms with E-state index >= 15 is 0 Å². The van der Waals surface area contributed by atoms with Crippen LogP contribution in [0, 0.1) is 0 Å². The van der Waals surface area contributed by atoms with Crippen LogP contribution in [0.5, 0.6) is 0 Å². The lowest BCUT2D eigenvalue weighted by atomic mass is 10.0. The molecule has 3 rings (SSSR count). The fraction of sp³-hybridized carbons (Fsp3) is 0.375. The number of hydrogen-bond acceptors (Lipinski definition) is 11. The Labute approximate surface area is 189 Å². The summed E-state index contributed by atoms with van der Waals surface area (Å²) in [7, 11) is -3.53. The third kappa shape index (κ3) is 5.08. The molecule has 1 aromatic heterocycles. The van der Waals surface area contributed by atoms with Crippen LogP contribution in [-0.4, -0.2) is 93.8 Å². The molecule has 0 radical (unpaired) electrons. The lowest BCUT2D eigenvalue weighted by Crippen LogP contribution is -2.71. The van der Waals surface area contributed by atoms with Crippen LogP contribution in [0.15, 0.2) is 27.3 Å². The minimum absolute atomic E-state index is 0.0459. The van der Waals surface area contributed by atoms with E-state index in [0.717, 1.165) is 34.3 Å². The highest BCUT2D eigenvalue weighted by molar-refractivity contribution is 8.00. The number of oxime groups is 1. The minimum Gasteiger partial charge on any atom is -0.479 e. The van der Waals surface area contributed by atoms with Gasteiger partial charge in [0.15, 0.2) is 15.5 Å². The zero-order valence-corrected chi connectivity index (χ0v) is 18.7. The third-order valence-corrected chi connectivity index (χ3v) is 7.01. The van der Waals surface area contributed by atoms with Crippen molar-refractivity contribution in [3.63, 3.8) is 0 Å². The van der Waals surface area contributed by atoms with Crippen LogP contribution in [0.2, 0.25) is 0 Å². The summed E-state index contributed by atoms with van der Waals surface area (Å²) >= 11 is 2.26. The molecular weight excluding hydrogens is 488 g/mol. The molecule has 2 atom stereocenters. The van der Waals surface area contributed by atoms with Crippen LogP contribution in [0.3, 0.4) is 0 Å². The number of sulfone groups is 1. The second-order valence-electron chi connectivity index (χ2n) is 6.67. The summed E-state index contributed by atoms with van der Waals surface area (Å²) in [5.41, 5.74) is 0.834. The summed E-state index contributed by atoms with van der Waals surface area (Å²) in [6.45, 7) is -0.800. The first-order valence-corrected chi connectivity index (χ1v) is 12.7. The summed E-state index contributed by atoms with van der Waals surface area (Å²) in [6, 6.07) is -1.11. The Morgan fingerprint density at radius 3 is 2.66 bits per heavy atom.